The van der Waals surface area contributed by atoms with E-state index in [4.69, 9.17) is 0 Å². The Balaban J connectivity index is 0.000000977. The Morgan fingerprint density at radius 2 is 2.03 bits per heavy atom. The molecule has 0 aliphatic rings. The monoisotopic (exact) mass is 436 g/mol. The zero-order valence-electron chi connectivity index (χ0n) is 17.8. The molecule has 0 radical (unpaired) electrons. The van der Waals surface area contributed by atoms with E-state index < -0.39 is 0 Å². The molecule has 0 fully saturated rings. The van der Waals surface area contributed by atoms with Crippen LogP contribution in [0, 0.1) is 5.82 Å². The number of aromatic nitrogens is 2. The molecule has 1 unspecified atom stereocenters. The molecule has 0 aliphatic carbocycles. The average molecular weight is 437 g/mol. The number of anilines is 1. The lowest BCUT2D eigenvalue weighted by molar-refractivity contribution is 0.628. The minimum absolute atomic E-state index is 0.260. The third-order valence-electron chi connectivity index (χ3n) is 3.38. The Morgan fingerprint density at radius 3 is 2.59 bits per heavy atom. The number of unbranched alkanes of at least 4 members (excludes halogenated alkanes) is 1. The van der Waals surface area contributed by atoms with Crippen molar-refractivity contribution in [2.24, 2.45) is 0 Å². The molecule has 4 nitrogen and oxygen atoms in total. The highest BCUT2D eigenvalue weighted by Gasteiger charge is 2.13. The van der Waals surface area contributed by atoms with Crippen LogP contribution >= 0.6 is 20.6 Å². The van der Waals surface area contributed by atoms with Crippen molar-refractivity contribution >= 4 is 25.7 Å². The molecule has 0 saturated carbocycles. The highest BCUT2D eigenvalue weighted by molar-refractivity contribution is 7.20. The number of nitrogens with zero attached hydrogens (tertiary/aromatic N) is 3. The molecule has 7 heteroatoms. The highest BCUT2D eigenvalue weighted by Crippen LogP contribution is 2.28. The van der Waals surface area contributed by atoms with Crippen molar-refractivity contribution in [3.8, 4) is 10.6 Å². The molecule has 1 heterocycles. The summed E-state index contributed by atoms with van der Waals surface area (Å²) >= 11 is 1.48. The number of benzene rings is 1. The van der Waals surface area contributed by atoms with Gasteiger partial charge in [-0.25, -0.2) is 4.39 Å². The lowest BCUT2D eigenvalue weighted by Crippen LogP contribution is -2.35. The fourth-order valence-corrected chi connectivity index (χ4v) is 3.08. The molecule has 160 valence electrons. The normalized spacial score (nSPS) is 9.83. The quantitative estimate of drug-likeness (QED) is 0.157. The Labute approximate surface area is 181 Å². The SMILES string of the molecule is C=C/C=C/P.C=CCNCN(CCCC)c1nnc(-c2cccc(F)c2)s1.CC. The molecule has 0 saturated heterocycles. The fourth-order valence-electron chi connectivity index (χ4n) is 2.05. The average Bonchev–Trinajstić information content (AvgIpc) is 3.23. The van der Waals surface area contributed by atoms with Crippen molar-refractivity contribution in [2.75, 3.05) is 24.7 Å². The van der Waals surface area contributed by atoms with E-state index in [1.54, 1.807) is 12.1 Å². The van der Waals surface area contributed by atoms with E-state index in [9.17, 15) is 4.39 Å². The van der Waals surface area contributed by atoms with Crippen LogP contribution in [0.4, 0.5) is 9.52 Å². The minimum Gasteiger partial charge on any atom is -0.334 e. The zero-order chi connectivity index (χ0) is 21.9. The maximum atomic E-state index is 13.3. The van der Waals surface area contributed by atoms with Crippen LogP contribution < -0.4 is 10.2 Å². The molecule has 0 aliphatic heterocycles. The van der Waals surface area contributed by atoms with Gasteiger partial charge >= 0.3 is 0 Å². The summed E-state index contributed by atoms with van der Waals surface area (Å²) in [7, 11) is 2.45. The van der Waals surface area contributed by atoms with Crippen LogP contribution in [-0.2, 0) is 0 Å². The summed E-state index contributed by atoms with van der Waals surface area (Å²) in [6.07, 6.45) is 7.62. The molecule has 2 aromatic rings. The lowest BCUT2D eigenvalue weighted by Gasteiger charge is -2.21. The Kier molecular flexibility index (Phi) is 17.0. The van der Waals surface area contributed by atoms with Crippen molar-refractivity contribution < 1.29 is 4.39 Å². The van der Waals surface area contributed by atoms with Gasteiger partial charge in [0.05, 0.1) is 6.67 Å². The Hall–Kier alpha value is -1.88. The summed E-state index contributed by atoms with van der Waals surface area (Å²) in [5.74, 6) is 1.59. The molecule has 0 bridgehead atoms. The molecule has 1 aromatic carbocycles. The number of hydrogen-bond donors (Lipinski definition) is 1. The van der Waals surface area contributed by atoms with Crippen LogP contribution in [0.3, 0.4) is 0 Å². The highest BCUT2D eigenvalue weighted by atomic mass is 32.1. The molecule has 1 aromatic heterocycles. The number of allylic oxidation sites excluding steroid dienone is 2. The van der Waals surface area contributed by atoms with E-state index in [0.717, 1.165) is 41.6 Å². The first kappa shape index (κ1) is 27.1. The van der Waals surface area contributed by atoms with E-state index >= 15 is 0 Å². The maximum absolute atomic E-state index is 13.3. The second-order valence-corrected chi connectivity index (χ2v) is 6.88. The summed E-state index contributed by atoms with van der Waals surface area (Å²) in [6.45, 7) is 15.7. The van der Waals surface area contributed by atoms with E-state index in [2.05, 4.69) is 49.7 Å². The molecule has 1 N–H and O–H groups in total. The van der Waals surface area contributed by atoms with E-state index in [1.165, 1.54) is 23.5 Å². The van der Waals surface area contributed by atoms with Gasteiger partial charge < -0.3 is 4.90 Å². The van der Waals surface area contributed by atoms with Gasteiger partial charge in [-0.15, -0.1) is 26.0 Å². The van der Waals surface area contributed by atoms with Crippen LogP contribution in [-0.4, -0.2) is 30.0 Å². The van der Waals surface area contributed by atoms with Crippen LogP contribution in [0.1, 0.15) is 33.6 Å². The summed E-state index contributed by atoms with van der Waals surface area (Å²) in [6, 6.07) is 6.45. The standard InChI is InChI=1S/C16H21FN4S.C4H7P.C2H6/c1-3-5-10-21(12-18-9-4-2)16-20-19-15(22-16)13-7-6-8-14(17)11-13;1-2-3-4-5;1-2/h4,6-8,11,18H,2-3,5,9-10,12H2,1H3;2-4H,1,5H2;1-2H3/b;4-3+;. The van der Waals surface area contributed by atoms with Gasteiger partial charge in [-0.1, -0.05) is 81.3 Å². The summed E-state index contributed by atoms with van der Waals surface area (Å²) in [4.78, 5) is 2.16. The predicted molar refractivity (Wildman–Crippen MR) is 131 cm³/mol. The summed E-state index contributed by atoms with van der Waals surface area (Å²) in [5, 5.41) is 13.3. The third-order valence-corrected chi connectivity index (χ3v) is 4.63. The van der Waals surface area contributed by atoms with Crippen molar-refractivity contribution in [1.82, 2.24) is 15.5 Å². The van der Waals surface area contributed by atoms with Crippen molar-refractivity contribution in [1.29, 1.82) is 0 Å². The molecule has 1 atom stereocenters. The van der Waals surface area contributed by atoms with E-state index in [1.807, 2.05) is 37.9 Å². The maximum Gasteiger partial charge on any atom is 0.209 e. The zero-order valence-corrected chi connectivity index (χ0v) is 19.7. The van der Waals surface area contributed by atoms with Gasteiger partial charge in [-0.05, 0) is 18.6 Å². The van der Waals surface area contributed by atoms with Gasteiger partial charge in [0.15, 0.2) is 0 Å². The Bertz CT molecular complexity index is 718. The van der Waals surface area contributed by atoms with Crippen LogP contribution in [0.15, 0.2) is 61.5 Å². The minimum atomic E-state index is -0.260. The fraction of sp³-hybridized carbons (Fsp3) is 0.364. The van der Waals surface area contributed by atoms with Crippen LogP contribution in [0.25, 0.3) is 10.6 Å². The summed E-state index contributed by atoms with van der Waals surface area (Å²) in [5.41, 5.74) is 0.762. The van der Waals surface area contributed by atoms with Crippen LogP contribution in [0.5, 0.6) is 0 Å². The topological polar surface area (TPSA) is 41.0 Å². The van der Waals surface area contributed by atoms with Crippen LogP contribution in [0.2, 0.25) is 0 Å². The van der Waals surface area contributed by atoms with Gasteiger partial charge in [-0.2, -0.15) is 0 Å². The van der Waals surface area contributed by atoms with Gasteiger partial charge in [-0.3, -0.25) is 5.32 Å². The van der Waals surface area contributed by atoms with E-state index in [-0.39, 0.29) is 5.82 Å². The number of hydrogen-bond acceptors (Lipinski definition) is 5. The first-order valence-electron chi connectivity index (χ1n) is 9.81. The first-order valence-corrected chi connectivity index (χ1v) is 11.3. The molecule has 29 heavy (non-hydrogen) atoms. The molecular weight excluding hydrogens is 402 g/mol. The molecule has 0 spiro atoms. The Morgan fingerprint density at radius 1 is 1.28 bits per heavy atom. The number of rotatable bonds is 10. The first-order chi connectivity index (χ1) is 14.2. The van der Waals surface area contributed by atoms with Gasteiger partial charge in [0.25, 0.3) is 0 Å². The number of nitrogens with one attached hydrogen (secondary N) is 1. The second kappa shape index (κ2) is 18.2. The van der Waals surface area contributed by atoms with Crippen molar-refractivity contribution in [3.63, 3.8) is 0 Å². The smallest absolute Gasteiger partial charge is 0.209 e. The number of halogens is 1. The van der Waals surface area contributed by atoms with Gasteiger partial charge in [0.2, 0.25) is 5.13 Å². The van der Waals surface area contributed by atoms with Crippen molar-refractivity contribution in [2.45, 2.75) is 33.6 Å². The molecular formula is C22H34FN4PS. The molecule has 0 amide bonds. The van der Waals surface area contributed by atoms with Gasteiger partial charge in [0.1, 0.15) is 10.8 Å². The summed E-state index contributed by atoms with van der Waals surface area (Å²) < 4.78 is 13.3. The van der Waals surface area contributed by atoms with Crippen molar-refractivity contribution in [3.05, 3.63) is 67.3 Å². The third kappa shape index (κ3) is 11.6. The largest absolute Gasteiger partial charge is 0.334 e. The lowest BCUT2D eigenvalue weighted by atomic mass is 10.2. The van der Waals surface area contributed by atoms with E-state index in [0.29, 0.717) is 6.67 Å². The molecule has 2 rings (SSSR count). The second-order valence-electron chi connectivity index (χ2n) is 5.54. The van der Waals surface area contributed by atoms with Gasteiger partial charge in [0, 0.05) is 18.7 Å². The predicted octanol–water partition coefficient (Wildman–Crippen LogP) is 6.27.